The second-order valence-corrected chi connectivity index (χ2v) is 4.97. The van der Waals surface area contributed by atoms with Crippen molar-refractivity contribution in [1.82, 2.24) is 4.90 Å². The molecular formula is C12H19NO2. The van der Waals surface area contributed by atoms with Crippen molar-refractivity contribution in [3.05, 3.63) is 0 Å². The van der Waals surface area contributed by atoms with Crippen molar-refractivity contribution in [1.29, 1.82) is 0 Å². The Labute approximate surface area is 90.8 Å². The van der Waals surface area contributed by atoms with Gasteiger partial charge in [-0.1, -0.05) is 6.92 Å². The van der Waals surface area contributed by atoms with Crippen LogP contribution in [0.4, 0.5) is 0 Å². The molecule has 1 unspecified atom stereocenters. The van der Waals surface area contributed by atoms with Gasteiger partial charge in [-0.2, -0.15) is 0 Å². The molecule has 0 N–H and O–H groups in total. The Morgan fingerprint density at radius 3 is 2.80 bits per heavy atom. The molecule has 0 aromatic rings. The fourth-order valence-corrected chi connectivity index (χ4v) is 3.04. The highest BCUT2D eigenvalue weighted by atomic mass is 16.2. The molecule has 1 saturated carbocycles. The number of fused-ring (bicyclic) bond motifs is 1. The van der Waals surface area contributed by atoms with Crippen molar-refractivity contribution in [3.8, 4) is 0 Å². The highest BCUT2D eigenvalue weighted by Crippen LogP contribution is 2.38. The maximum absolute atomic E-state index is 11.6. The van der Waals surface area contributed by atoms with Gasteiger partial charge in [0.25, 0.3) is 0 Å². The number of likely N-dealkylation sites (tertiary alicyclic amines) is 1. The molecule has 84 valence electrons. The zero-order valence-electron chi connectivity index (χ0n) is 9.53. The Morgan fingerprint density at radius 1 is 1.40 bits per heavy atom. The Kier molecular flexibility index (Phi) is 2.81. The molecule has 0 bridgehead atoms. The average molecular weight is 209 g/mol. The third-order valence-electron chi connectivity index (χ3n) is 4.16. The first-order valence-electron chi connectivity index (χ1n) is 5.88. The van der Waals surface area contributed by atoms with Crippen molar-refractivity contribution in [2.24, 2.45) is 17.8 Å². The number of hydrogen-bond acceptors (Lipinski definition) is 2. The highest BCUT2D eigenvalue weighted by molar-refractivity contribution is 5.82. The summed E-state index contributed by atoms with van der Waals surface area (Å²) in [6, 6.07) is 0. The van der Waals surface area contributed by atoms with Crippen LogP contribution >= 0.6 is 0 Å². The van der Waals surface area contributed by atoms with Crippen LogP contribution in [0.25, 0.3) is 0 Å². The van der Waals surface area contributed by atoms with Crippen LogP contribution in [0.15, 0.2) is 0 Å². The van der Waals surface area contributed by atoms with Crippen LogP contribution in [0, 0.1) is 17.8 Å². The van der Waals surface area contributed by atoms with Crippen molar-refractivity contribution >= 4 is 11.7 Å². The van der Waals surface area contributed by atoms with E-state index < -0.39 is 0 Å². The van der Waals surface area contributed by atoms with E-state index in [1.165, 1.54) is 0 Å². The van der Waals surface area contributed by atoms with Crippen LogP contribution in [0.5, 0.6) is 0 Å². The molecule has 1 saturated heterocycles. The van der Waals surface area contributed by atoms with E-state index in [0.29, 0.717) is 17.6 Å². The number of carbonyl (C=O) groups is 2. The van der Waals surface area contributed by atoms with E-state index in [2.05, 4.69) is 0 Å². The summed E-state index contributed by atoms with van der Waals surface area (Å²) in [5.41, 5.74) is 0. The number of carbonyl (C=O) groups excluding carboxylic acids is 2. The van der Waals surface area contributed by atoms with Gasteiger partial charge in [0.2, 0.25) is 5.91 Å². The molecule has 1 amide bonds. The fraction of sp³-hybridized carbons (Fsp3) is 0.833. The summed E-state index contributed by atoms with van der Waals surface area (Å²) in [7, 11) is 0. The van der Waals surface area contributed by atoms with E-state index in [1.54, 1.807) is 6.92 Å². The summed E-state index contributed by atoms with van der Waals surface area (Å²) in [4.78, 5) is 24.8. The number of Topliss-reactive ketones (excluding diaryl/α,β-unsaturated/α-hetero) is 1. The topological polar surface area (TPSA) is 37.4 Å². The minimum Gasteiger partial charge on any atom is -0.343 e. The van der Waals surface area contributed by atoms with Crippen molar-refractivity contribution < 1.29 is 9.59 Å². The molecule has 1 heterocycles. The van der Waals surface area contributed by atoms with Gasteiger partial charge in [0, 0.05) is 32.4 Å². The maximum Gasteiger partial charge on any atom is 0.219 e. The second-order valence-electron chi connectivity index (χ2n) is 4.97. The lowest BCUT2D eigenvalue weighted by atomic mass is 9.69. The predicted octanol–water partition coefficient (Wildman–Crippen LogP) is 1.47. The summed E-state index contributed by atoms with van der Waals surface area (Å²) >= 11 is 0. The maximum atomic E-state index is 11.6. The molecule has 15 heavy (non-hydrogen) atoms. The van der Waals surface area contributed by atoms with Crippen LogP contribution in [0.2, 0.25) is 0 Å². The van der Waals surface area contributed by atoms with Crippen LogP contribution in [-0.4, -0.2) is 29.7 Å². The Bertz CT molecular complexity index is 287. The van der Waals surface area contributed by atoms with Gasteiger partial charge in [0.15, 0.2) is 0 Å². The number of hydrogen-bond donors (Lipinski definition) is 0. The van der Waals surface area contributed by atoms with E-state index in [-0.39, 0.29) is 11.8 Å². The Morgan fingerprint density at radius 2 is 2.13 bits per heavy atom. The minimum atomic E-state index is 0.152. The smallest absolute Gasteiger partial charge is 0.219 e. The number of piperidine rings is 1. The predicted molar refractivity (Wildman–Crippen MR) is 57.3 cm³/mol. The van der Waals surface area contributed by atoms with E-state index in [0.717, 1.165) is 32.4 Å². The summed E-state index contributed by atoms with van der Waals surface area (Å²) in [5, 5.41) is 0. The molecule has 0 radical (unpaired) electrons. The third kappa shape index (κ3) is 1.92. The van der Waals surface area contributed by atoms with Gasteiger partial charge in [-0.25, -0.2) is 0 Å². The van der Waals surface area contributed by atoms with Gasteiger partial charge in [0.05, 0.1) is 0 Å². The van der Waals surface area contributed by atoms with E-state index >= 15 is 0 Å². The van der Waals surface area contributed by atoms with Crippen LogP contribution in [0.3, 0.4) is 0 Å². The average Bonchev–Trinajstić information content (AvgIpc) is 2.23. The van der Waals surface area contributed by atoms with Gasteiger partial charge in [-0.05, 0) is 24.7 Å². The normalized spacial score (nSPS) is 36.3. The standard InChI is InChI=1S/C12H19NO2/c1-8-11-7-13(9(2)14)6-5-10(11)3-4-12(8)15/h8,10-11H,3-7H2,1-2H3/t8?,10-,11-/m1/s1. The van der Waals surface area contributed by atoms with Crippen LogP contribution < -0.4 is 0 Å². The highest BCUT2D eigenvalue weighted by Gasteiger charge is 2.39. The van der Waals surface area contributed by atoms with Gasteiger partial charge in [-0.15, -0.1) is 0 Å². The summed E-state index contributed by atoms with van der Waals surface area (Å²) in [5.74, 6) is 1.79. The quantitative estimate of drug-likeness (QED) is 0.606. The summed E-state index contributed by atoms with van der Waals surface area (Å²) in [6.07, 6.45) is 2.88. The van der Waals surface area contributed by atoms with Gasteiger partial charge < -0.3 is 4.90 Å². The molecule has 1 aliphatic carbocycles. The molecule has 3 atom stereocenters. The number of nitrogens with zero attached hydrogens (tertiary/aromatic N) is 1. The zero-order valence-corrected chi connectivity index (χ0v) is 9.53. The number of amides is 1. The van der Waals surface area contributed by atoms with Gasteiger partial charge in [0.1, 0.15) is 5.78 Å². The summed E-state index contributed by atoms with van der Waals surface area (Å²) in [6.45, 7) is 5.34. The van der Waals surface area contributed by atoms with Gasteiger partial charge in [-0.3, -0.25) is 9.59 Å². The molecule has 0 aromatic heterocycles. The molecule has 2 aliphatic rings. The molecule has 1 aliphatic heterocycles. The molecule has 3 heteroatoms. The monoisotopic (exact) mass is 209 g/mol. The van der Waals surface area contributed by atoms with Crippen molar-refractivity contribution in [2.75, 3.05) is 13.1 Å². The first kappa shape index (κ1) is 10.7. The Balaban J connectivity index is 2.08. The largest absolute Gasteiger partial charge is 0.343 e. The molecule has 2 fully saturated rings. The second kappa shape index (κ2) is 3.95. The fourth-order valence-electron chi connectivity index (χ4n) is 3.04. The van der Waals surface area contributed by atoms with Gasteiger partial charge >= 0.3 is 0 Å². The third-order valence-corrected chi connectivity index (χ3v) is 4.16. The number of ketones is 1. The van der Waals surface area contributed by atoms with E-state index in [4.69, 9.17) is 0 Å². The lowest BCUT2D eigenvalue weighted by Crippen LogP contribution is -2.48. The lowest BCUT2D eigenvalue weighted by Gasteiger charge is -2.43. The summed E-state index contributed by atoms with van der Waals surface area (Å²) < 4.78 is 0. The molecule has 2 rings (SSSR count). The van der Waals surface area contributed by atoms with Crippen LogP contribution in [0.1, 0.15) is 33.1 Å². The SMILES string of the molecule is CC(=O)N1CC[C@H]2CCC(=O)C(C)[C@H]2C1. The molecular weight excluding hydrogens is 190 g/mol. The first-order valence-corrected chi connectivity index (χ1v) is 5.88. The zero-order chi connectivity index (χ0) is 11.0. The lowest BCUT2D eigenvalue weighted by molar-refractivity contribution is -0.137. The van der Waals surface area contributed by atoms with E-state index in [9.17, 15) is 9.59 Å². The van der Waals surface area contributed by atoms with Crippen LogP contribution in [-0.2, 0) is 9.59 Å². The molecule has 0 spiro atoms. The van der Waals surface area contributed by atoms with Crippen molar-refractivity contribution in [3.63, 3.8) is 0 Å². The minimum absolute atomic E-state index is 0.152. The molecule has 3 nitrogen and oxygen atoms in total. The number of rotatable bonds is 0. The molecule has 0 aromatic carbocycles. The van der Waals surface area contributed by atoms with E-state index in [1.807, 2.05) is 11.8 Å². The van der Waals surface area contributed by atoms with Crippen molar-refractivity contribution in [2.45, 2.75) is 33.1 Å². The first-order chi connectivity index (χ1) is 7.09. The Hall–Kier alpha value is -0.860.